The summed E-state index contributed by atoms with van der Waals surface area (Å²) in [6, 6.07) is 6.95. The van der Waals surface area contributed by atoms with Gasteiger partial charge in [0.25, 0.3) is 0 Å². The quantitative estimate of drug-likeness (QED) is 0.657. The first-order chi connectivity index (χ1) is 9.70. The molecule has 2 aromatic rings. The topological polar surface area (TPSA) is 24.9 Å². The average molecular weight is 356 g/mol. The number of aryl methyl sites for hydroxylation is 1. The number of aromatic nitrogens is 1. The molecule has 1 aromatic heterocycles. The van der Waals surface area contributed by atoms with Gasteiger partial charge in [0, 0.05) is 5.69 Å². The molecule has 0 amide bonds. The summed E-state index contributed by atoms with van der Waals surface area (Å²) in [7, 11) is 0. The molecule has 0 atom stereocenters. The zero-order chi connectivity index (χ0) is 15.8. The summed E-state index contributed by atoms with van der Waals surface area (Å²) in [5, 5.41) is 1.46. The smallest absolute Gasteiger partial charge is 0.353 e. The molecule has 0 spiro atoms. The molecule has 0 saturated heterocycles. The fourth-order valence-electron chi connectivity index (χ4n) is 1.59. The SMILES string of the molecule is Cc1ccc(Nc2c(Cl)c(Cl)nc(C(F)(F)F)c2Cl)cc1. The van der Waals surface area contributed by atoms with Crippen molar-refractivity contribution in [3.63, 3.8) is 0 Å². The predicted octanol–water partition coefficient (Wildman–Crippen LogP) is 6.11. The van der Waals surface area contributed by atoms with Crippen molar-refractivity contribution in [1.29, 1.82) is 0 Å². The molecule has 0 saturated carbocycles. The van der Waals surface area contributed by atoms with Crippen LogP contribution in [0.15, 0.2) is 24.3 Å². The summed E-state index contributed by atoms with van der Waals surface area (Å²) in [6.07, 6.45) is -4.73. The maximum absolute atomic E-state index is 12.9. The van der Waals surface area contributed by atoms with E-state index in [1.807, 2.05) is 6.92 Å². The Bertz CT molecular complexity index is 670. The summed E-state index contributed by atoms with van der Waals surface area (Å²) in [5.74, 6) is 0. The zero-order valence-electron chi connectivity index (χ0n) is 10.5. The van der Waals surface area contributed by atoms with E-state index in [0.717, 1.165) is 5.56 Å². The molecule has 0 aliphatic heterocycles. The molecule has 1 N–H and O–H groups in total. The highest BCUT2D eigenvalue weighted by atomic mass is 35.5. The first kappa shape index (κ1) is 16.2. The second-order valence-corrected chi connectivity index (χ2v) is 5.36. The minimum Gasteiger partial charge on any atom is -0.353 e. The fourth-order valence-corrected chi connectivity index (χ4v) is 2.30. The Kier molecular flexibility index (Phi) is 4.56. The summed E-state index contributed by atoms with van der Waals surface area (Å²) in [6.45, 7) is 1.88. The molecule has 0 aliphatic rings. The van der Waals surface area contributed by atoms with Gasteiger partial charge in [-0.3, -0.25) is 0 Å². The third-order valence-corrected chi connectivity index (χ3v) is 3.73. The Balaban J connectivity index is 2.52. The summed E-state index contributed by atoms with van der Waals surface area (Å²) >= 11 is 17.3. The normalized spacial score (nSPS) is 11.6. The maximum atomic E-state index is 12.9. The first-order valence-electron chi connectivity index (χ1n) is 5.65. The Labute approximate surface area is 133 Å². The number of nitrogens with one attached hydrogen (secondary N) is 1. The maximum Gasteiger partial charge on any atom is 0.434 e. The highest BCUT2D eigenvalue weighted by molar-refractivity contribution is 6.45. The standard InChI is InChI=1S/C13H8Cl3F3N2/c1-6-2-4-7(5-3-6)20-10-8(14)11(13(17,18)19)21-12(16)9(10)15/h2-5H,1H3,(H,20,21). The number of nitrogens with zero attached hydrogens (tertiary/aromatic N) is 1. The highest BCUT2D eigenvalue weighted by Gasteiger charge is 2.37. The zero-order valence-corrected chi connectivity index (χ0v) is 12.8. The minimum atomic E-state index is -4.73. The molecule has 0 unspecified atom stereocenters. The fraction of sp³-hybridized carbons (Fsp3) is 0.154. The lowest BCUT2D eigenvalue weighted by atomic mass is 10.2. The predicted molar refractivity (Wildman–Crippen MR) is 78.7 cm³/mol. The molecule has 0 fully saturated rings. The van der Waals surface area contributed by atoms with Crippen LogP contribution in [0, 0.1) is 6.92 Å². The lowest BCUT2D eigenvalue weighted by Gasteiger charge is -2.16. The van der Waals surface area contributed by atoms with Crippen LogP contribution in [0.4, 0.5) is 24.5 Å². The molecule has 0 radical (unpaired) electrons. The van der Waals surface area contributed by atoms with Crippen molar-refractivity contribution in [3.05, 3.63) is 50.7 Å². The number of halogens is 6. The van der Waals surface area contributed by atoms with Crippen LogP contribution >= 0.6 is 34.8 Å². The van der Waals surface area contributed by atoms with Gasteiger partial charge in [-0.2, -0.15) is 13.2 Å². The molecule has 112 valence electrons. The van der Waals surface area contributed by atoms with Gasteiger partial charge in [-0.1, -0.05) is 52.5 Å². The molecule has 1 aromatic carbocycles. The molecule has 0 bridgehead atoms. The van der Waals surface area contributed by atoms with E-state index in [1.165, 1.54) is 0 Å². The number of rotatable bonds is 2. The van der Waals surface area contributed by atoms with E-state index in [2.05, 4.69) is 10.3 Å². The second kappa shape index (κ2) is 5.91. The van der Waals surface area contributed by atoms with Gasteiger partial charge in [0.15, 0.2) is 10.8 Å². The monoisotopic (exact) mass is 354 g/mol. The van der Waals surface area contributed by atoms with E-state index in [9.17, 15) is 13.2 Å². The molecule has 21 heavy (non-hydrogen) atoms. The van der Waals surface area contributed by atoms with E-state index in [0.29, 0.717) is 5.69 Å². The van der Waals surface area contributed by atoms with Crippen LogP contribution in [-0.4, -0.2) is 4.98 Å². The van der Waals surface area contributed by atoms with E-state index < -0.39 is 22.0 Å². The molecule has 1 heterocycles. The van der Waals surface area contributed by atoms with Crippen LogP contribution in [0.3, 0.4) is 0 Å². The van der Waals surface area contributed by atoms with Crippen molar-refractivity contribution in [1.82, 2.24) is 4.98 Å². The van der Waals surface area contributed by atoms with Crippen molar-refractivity contribution in [3.8, 4) is 0 Å². The Morgan fingerprint density at radius 3 is 2.10 bits per heavy atom. The van der Waals surface area contributed by atoms with Crippen molar-refractivity contribution in [2.24, 2.45) is 0 Å². The number of hydrogen-bond acceptors (Lipinski definition) is 2. The van der Waals surface area contributed by atoms with E-state index in [-0.39, 0.29) is 10.7 Å². The van der Waals surface area contributed by atoms with E-state index in [1.54, 1.807) is 24.3 Å². The van der Waals surface area contributed by atoms with Gasteiger partial charge in [-0.15, -0.1) is 0 Å². The van der Waals surface area contributed by atoms with Crippen molar-refractivity contribution in [2.75, 3.05) is 5.32 Å². The molecule has 2 nitrogen and oxygen atoms in total. The van der Waals surface area contributed by atoms with Crippen LogP contribution in [0.5, 0.6) is 0 Å². The van der Waals surface area contributed by atoms with E-state index >= 15 is 0 Å². The third-order valence-electron chi connectivity index (χ3n) is 2.63. The Morgan fingerprint density at radius 1 is 1.00 bits per heavy atom. The summed E-state index contributed by atoms with van der Waals surface area (Å²) in [5.41, 5.74) is 0.115. The average Bonchev–Trinajstić information content (AvgIpc) is 2.40. The van der Waals surface area contributed by atoms with Crippen LogP contribution in [0.1, 0.15) is 11.3 Å². The second-order valence-electron chi connectivity index (χ2n) is 4.24. The number of anilines is 2. The molecular weight excluding hydrogens is 348 g/mol. The van der Waals surface area contributed by atoms with Crippen molar-refractivity contribution in [2.45, 2.75) is 13.1 Å². The first-order valence-corrected chi connectivity index (χ1v) is 6.79. The number of pyridine rings is 1. The number of alkyl halides is 3. The van der Waals surface area contributed by atoms with Crippen molar-refractivity contribution < 1.29 is 13.2 Å². The minimum absolute atomic E-state index is 0.130. The Hall–Kier alpha value is -1.17. The number of hydrogen-bond donors (Lipinski definition) is 1. The largest absolute Gasteiger partial charge is 0.434 e. The van der Waals surface area contributed by atoms with Gasteiger partial charge in [-0.25, -0.2) is 4.98 Å². The molecule has 8 heteroatoms. The number of benzene rings is 1. The van der Waals surface area contributed by atoms with Crippen LogP contribution in [0.25, 0.3) is 0 Å². The molecular formula is C13H8Cl3F3N2. The van der Waals surface area contributed by atoms with Gasteiger partial charge in [0.2, 0.25) is 0 Å². The van der Waals surface area contributed by atoms with Gasteiger partial charge < -0.3 is 5.32 Å². The van der Waals surface area contributed by atoms with Crippen LogP contribution < -0.4 is 5.32 Å². The lowest BCUT2D eigenvalue weighted by molar-refractivity contribution is -0.141. The van der Waals surface area contributed by atoms with Gasteiger partial charge >= 0.3 is 6.18 Å². The Morgan fingerprint density at radius 2 is 1.57 bits per heavy atom. The molecule has 2 rings (SSSR count). The summed E-state index contributed by atoms with van der Waals surface area (Å²) in [4.78, 5) is 3.20. The third kappa shape index (κ3) is 3.54. The lowest BCUT2D eigenvalue weighted by Crippen LogP contribution is -2.11. The summed E-state index contributed by atoms with van der Waals surface area (Å²) < 4.78 is 38.6. The van der Waals surface area contributed by atoms with Crippen LogP contribution in [0.2, 0.25) is 15.2 Å². The van der Waals surface area contributed by atoms with Crippen molar-refractivity contribution >= 4 is 46.2 Å². The van der Waals surface area contributed by atoms with Gasteiger partial charge in [0.05, 0.1) is 10.7 Å². The van der Waals surface area contributed by atoms with Crippen LogP contribution in [-0.2, 0) is 6.18 Å². The molecule has 0 aliphatic carbocycles. The highest BCUT2D eigenvalue weighted by Crippen LogP contribution is 2.43. The van der Waals surface area contributed by atoms with Gasteiger partial charge in [0.1, 0.15) is 5.02 Å². The van der Waals surface area contributed by atoms with Gasteiger partial charge in [-0.05, 0) is 19.1 Å². The van der Waals surface area contributed by atoms with E-state index in [4.69, 9.17) is 34.8 Å².